The summed E-state index contributed by atoms with van der Waals surface area (Å²) in [6.07, 6.45) is 2.87. The number of amides is 1. The molecular formula is C21H30N2O7. The van der Waals surface area contributed by atoms with Gasteiger partial charge in [0.05, 0.1) is 0 Å². The van der Waals surface area contributed by atoms with Crippen molar-refractivity contribution in [1.82, 2.24) is 5.43 Å². The van der Waals surface area contributed by atoms with Crippen molar-refractivity contribution in [1.29, 1.82) is 0 Å². The lowest BCUT2D eigenvalue weighted by molar-refractivity contribution is -0.577. The van der Waals surface area contributed by atoms with Gasteiger partial charge in [0.1, 0.15) is 12.4 Å². The third-order valence-electron chi connectivity index (χ3n) is 7.50. The van der Waals surface area contributed by atoms with Crippen LogP contribution >= 0.6 is 0 Å². The van der Waals surface area contributed by atoms with E-state index in [1.165, 1.54) is 0 Å². The van der Waals surface area contributed by atoms with Crippen LogP contribution in [0.15, 0.2) is 16.5 Å². The maximum Gasteiger partial charge on any atom is 0.300 e. The molecule has 0 radical (unpaired) electrons. The fourth-order valence-electron chi connectivity index (χ4n) is 5.88. The van der Waals surface area contributed by atoms with Gasteiger partial charge in [0.25, 0.3) is 0 Å². The standard InChI is InChI=1S/C21H30N2O7/c1-11-4-6-15-12(2)18(25-10-13-5-7-16(26-13)17(24)23-22)27-19-21(15)14(11)8-9-20(3,28-19)29-30-21/h5,7,11-12,14-15,18-19H,4,6,8-10,22H2,1-3H3,(H,23,24)/t11-,12-,14?,15?,18?,19?,20?,21?/m1/s1. The second kappa shape index (κ2) is 7.29. The number of ether oxygens (including phenoxy) is 3. The summed E-state index contributed by atoms with van der Waals surface area (Å²) in [5, 5.41) is 0. The molecule has 4 aliphatic heterocycles. The van der Waals surface area contributed by atoms with E-state index in [-0.39, 0.29) is 24.2 Å². The van der Waals surface area contributed by atoms with Gasteiger partial charge in [-0.05, 0) is 50.2 Å². The molecule has 5 heterocycles. The highest BCUT2D eigenvalue weighted by Crippen LogP contribution is 2.60. The Balaban J connectivity index is 1.36. The van der Waals surface area contributed by atoms with E-state index >= 15 is 0 Å². The minimum atomic E-state index is -0.811. The van der Waals surface area contributed by atoms with Crippen LogP contribution in [-0.4, -0.2) is 29.9 Å². The van der Waals surface area contributed by atoms with Crippen molar-refractivity contribution in [2.75, 3.05) is 0 Å². The van der Waals surface area contributed by atoms with E-state index in [0.29, 0.717) is 17.6 Å². The molecule has 6 rings (SSSR count). The molecule has 9 nitrogen and oxygen atoms in total. The Hall–Kier alpha value is -1.49. The van der Waals surface area contributed by atoms with Gasteiger partial charge in [0.2, 0.25) is 5.79 Å². The summed E-state index contributed by atoms with van der Waals surface area (Å²) < 4.78 is 24.3. The Morgan fingerprint density at radius 2 is 2.07 bits per heavy atom. The Labute approximate surface area is 175 Å². The monoisotopic (exact) mass is 422 g/mol. The van der Waals surface area contributed by atoms with Crippen LogP contribution in [0.4, 0.5) is 0 Å². The molecule has 6 unspecified atom stereocenters. The lowest BCUT2D eigenvalue weighted by Gasteiger charge is -2.60. The minimum absolute atomic E-state index is 0.0766. The molecular weight excluding hydrogens is 392 g/mol. The average Bonchev–Trinajstić information content (AvgIpc) is 3.09. The van der Waals surface area contributed by atoms with Crippen LogP contribution in [0.25, 0.3) is 0 Å². The molecule has 5 aliphatic rings. The van der Waals surface area contributed by atoms with Crippen molar-refractivity contribution < 1.29 is 33.2 Å². The molecule has 0 aromatic carbocycles. The molecule has 1 aromatic heterocycles. The minimum Gasteiger partial charge on any atom is -0.453 e. The molecule has 4 saturated heterocycles. The average molecular weight is 422 g/mol. The fraction of sp³-hybridized carbons (Fsp3) is 0.762. The highest BCUT2D eigenvalue weighted by molar-refractivity contribution is 5.90. The Morgan fingerprint density at radius 3 is 2.87 bits per heavy atom. The highest BCUT2D eigenvalue weighted by Gasteiger charge is 2.69. The molecule has 1 amide bonds. The third-order valence-corrected chi connectivity index (χ3v) is 7.50. The molecule has 30 heavy (non-hydrogen) atoms. The molecule has 2 bridgehead atoms. The van der Waals surface area contributed by atoms with Crippen LogP contribution in [0, 0.1) is 23.7 Å². The van der Waals surface area contributed by atoms with E-state index < -0.39 is 29.9 Å². The number of hydrazine groups is 1. The van der Waals surface area contributed by atoms with Crippen molar-refractivity contribution in [3.8, 4) is 0 Å². The number of nitrogens with one attached hydrogen (secondary N) is 1. The van der Waals surface area contributed by atoms with Gasteiger partial charge in [-0.15, -0.1) is 0 Å². The molecule has 9 heteroatoms. The van der Waals surface area contributed by atoms with Gasteiger partial charge in [0.15, 0.2) is 23.9 Å². The number of hydrogen-bond acceptors (Lipinski definition) is 8. The van der Waals surface area contributed by atoms with E-state index in [2.05, 4.69) is 13.8 Å². The maximum absolute atomic E-state index is 11.6. The molecule has 1 aliphatic carbocycles. The van der Waals surface area contributed by atoms with Crippen LogP contribution in [0.5, 0.6) is 0 Å². The smallest absolute Gasteiger partial charge is 0.300 e. The summed E-state index contributed by atoms with van der Waals surface area (Å²) in [5.74, 6) is 5.61. The van der Waals surface area contributed by atoms with Gasteiger partial charge >= 0.3 is 5.91 Å². The first-order chi connectivity index (χ1) is 14.4. The summed E-state index contributed by atoms with van der Waals surface area (Å²) in [5.41, 5.74) is 1.44. The summed E-state index contributed by atoms with van der Waals surface area (Å²) >= 11 is 0. The van der Waals surface area contributed by atoms with Crippen LogP contribution in [0.1, 0.15) is 62.8 Å². The number of carbonyl (C=O) groups is 1. The largest absolute Gasteiger partial charge is 0.453 e. The SMILES string of the molecule is C[C@H]1C(OCc2ccc(C(=O)NN)o2)OC2OC3(C)CCC4[C@H](C)CCC1C24OO3. The van der Waals surface area contributed by atoms with Gasteiger partial charge in [-0.2, -0.15) is 0 Å². The summed E-state index contributed by atoms with van der Waals surface area (Å²) in [4.78, 5) is 23.5. The van der Waals surface area contributed by atoms with Crippen LogP contribution in [-0.2, 0) is 30.6 Å². The second-order valence-electron chi connectivity index (χ2n) is 9.32. The Morgan fingerprint density at radius 1 is 1.23 bits per heavy atom. The maximum atomic E-state index is 11.6. The van der Waals surface area contributed by atoms with Crippen molar-refractivity contribution in [3.05, 3.63) is 23.7 Å². The van der Waals surface area contributed by atoms with Crippen molar-refractivity contribution in [2.45, 2.75) is 77.0 Å². The normalized spacial score (nSPS) is 44.9. The van der Waals surface area contributed by atoms with E-state index in [9.17, 15) is 4.79 Å². The lowest BCUT2D eigenvalue weighted by atomic mass is 9.58. The van der Waals surface area contributed by atoms with Gasteiger partial charge in [-0.3, -0.25) is 10.2 Å². The number of nitrogens with two attached hydrogens (primary N) is 1. The molecule has 1 aromatic rings. The van der Waals surface area contributed by atoms with Gasteiger partial charge < -0.3 is 18.6 Å². The van der Waals surface area contributed by atoms with Crippen LogP contribution < -0.4 is 11.3 Å². The zero-order chi connectivity index (χ0) is 21.1. The van der Waals surface area contributed by atoms with E-state index in [4.69, 9.17) is 34.2 Å². The van der Waals surface area contributed by atoms with Crippen molar-refractivity contribution in [3.63, 3.8) is 0 Å². The number of furan rings is 1. The third kappa shape index (κ3) is 3.03. The summed E-state index contributed by atoms with van der Waals surface area (Å²) in [7, 11) is 0. The number of rotatable bonds is 4. The first kappa shape index (κ1) is 20.4. The number of fused-ring (bicyclic) bond motifs is 2. The van der Waals surface area contributed by atoms with E-state index in [1.54, 1.807) is 12.1 Å². The first-order valence-corrected chi connectivity index (χ1v) is 10.8. The van der Waals surface area contributed by atoms with Gasteiger partial charge in [-0.25, -0.2) is 15.6 Å². The predicted molar refractivity (Wildman–Crippen MR) is 102 cm³/mol. The van der Waals surface area contributed by atoms with Crippen molar-refractivity contribution in [2.24, 2.45) is 29.5 Å². The molecule has 8 atom stereocenters. The summed E-state index contributed by atoms with van der Waals surface area (Å²) in [6.45, 7) is 6.50. The quantitative estimate of drug-likeness (QED) is 0.329. The topological polar surface area (TPSA) is 114 Å². The fourth-order valence-corrected chi connectivity index (χ4v) is 5.88. The number of carbonyl (C=O) groups excluding carboxylic acids is 1. The zero-order valence-electron chi connectivity index (χ0n) is 17.6. The Bertz CT molecular complexity index is 815. The number of hydrogen-bond donors (Lipinski definition) is 2. The zero-order valence-corrected chi connectivity index (χ0v) is 17.6. The Kier molecular flexibility index (Phi) is 4.96. The van der Waals surface area contributed by atoms with Gasteiger partial charge in [-0.1, -0.05) is 13.8 Å². The molecule has 1 spiro atoms. The van der Waals surface area contributed by atoms with Crippen LogP contribution in [0.3, 0.4) is 0 Å². The predicted octanol–water partition coefficient (Wildman–Crippen LogP) is 2.61. The molecule has 5 fully saturated rings. The molecule has 3 N–H and O–H groups in total. The molecule has 166 valence electrons. The number of nitrogen functional groups attached to an aromatic ring is 1. The second-order valence-corrected chi connectivity index (χ2v) is 9.32. The van der Waals surface area contributed by atoms with Crippen molar-refractivity contribution >= 4 is 5.91 Å². The molecule has 1 saturated carbocycles. The summed E-state index contributed by atoms with van der Waals surface area (Å²) in [6, 6.07) is 3.26. The van der Waals surface area contributed by atoms with Crippen LogP contribution in [0.2, 0.25) is 0 Å². The van der Waals surface area contributed by atoms with E-state index in [1.807, 2.05) is 12.3 Å². The lowest BCUT2D eigenvalue weighted by Crippen LogP contribution is -2.70. The van der Waals surface area contributed by atoms with E-state index in [0.717, 1.165) is 25.7 Å². The highest BCUT2D eigenvalue weighted by atomic mass is 17.3. The van der Waals surface area contributed by atoms with Gasteiger partial charge in [0, 0.05) is 18.3 Å². The first-order valence-electron chi connectivity index (χ1n) is 10.8.